The van der Waals surface area contributed by atoms with Gasteiger partial charge < -0.3 is 15.0 Å². The summed E-state index contributed by atoms with van der Waals surface area (Å²) in [6, 6.07) is 5.00. The van der Waals surface area contributed by atoms with E-state index in [0.29, 0.717) is 23.5 Å². The molecular formula is C14H14N4O3. The number of rotatable bonds is 3. The molecule has 0 spiro atoms. The molecule has 7 heteroatoms. The fraction of sp³-hybridized carbons (Fsp3) is 0.214. The average Bonchev–Trinajstić information content (AvgIpc) is 2.98. The normalized spacial score (nSPS) is 13.1. The van der Waals surface area contributed by atoms with Crippen molar-refractivity contribution < 1.29 is 14.3 Å². The number of fused-ring (bicyclic) bond motifs is 1. The molecule has 1 aliphatic rings. The summed E-state index contributed by atoms with van der Waals surface area (Å²) in [7, 11) is 1.71. The summed E-state index contributed by atoms with van der Waals surface area (Å²) in [5, 5.41) is 9.24. The smallest absolute Gasteiger partial charge is 0.262 e. The summed E-state index contributed by atoms with van der Waals surface area (Å²) in [6.07, 6.45) is 3.41. The van der Waals surface area contributed by atoms with Crippen LogP contribution in [0.15, 0.2) is 30.6 Å². The van der Waals surface area contributed by atoms with Gasteiger partial charge in [0, 0.05) is 30.9 Å². The minimum Gasteiger partial charge on any atom is -0.482 e. The van der Waals surface area contributed by atoms with E-state index in [-0.39, 0.29) is 18.4 Å². The molecule has 2 heterocycles. The van der Waals surface area contributed by atoms with E-state index in [1.165, 1.54) is 0 Å². The van der Waals surface area contributed by atoms with Gasteiger partial charge in [0.15, 0.2) is 6.61 Å². The molecule has 2 N–H and O–H groups in total. The zero-order valence-electron chi connectivity index (χ0n) is 11.4. The fourth-order valence-electron chi connectivity index (χ4n) is 2.15. The molecule has 0 saturated carbocycles. The zero-order chi connectivity index (χ0) is 14.8. The van der Waals surface area contributed by atoms with Crippen LogP contribution in [0.2, 0.25) is 0 Å². The second kappa shape index (κ2) is 5.28. The number of H-pyrrole nitrogens is 1. The lowest BCUT2D eigenvalue weighted by Gasteiger charge is -2.20. The Labute approximate surface area is 120 Å². The van der Waals surface area contributed by atoms with Gasteiger partial charge in [0.2, 0.25) is 0 Å². The number of amides is 2. The number of hydrogen-bond donors (Lipinski definition) is 2. The molecule has 1 aromatic heterocycles. The molecule has 0 atom stereocenters. The van der Waals surface area contributed by atoms with Gasteiger partial charge in [-0.2, -0.15) is 5.10 Å². The van der Waals surface area contributed by atoms with Gasteiger partial charge in [0.25, 0.3) is 11.8 Å². The van der Waals surface area contributed by atoms with Gasteiger partial charge in [0.1, 0.15) is 5.75 Å². The van der Waals surface area contributed by atoms with Crippen LogP contribution < -0.4 is 10.1 Å². The lowest BCUT2D eigenvalue weighted by Crippen LogP contribution is -2.28. The maximum absolute atomic E-state index is 12.4. The fourth-order valence-corrected chi connectivity index (χ4v) is 2.15. The highest BCUT2D eigenvalue weighted by atomic mass is 16.5. The molecular weight excluding hydrogens is 272 g/mol. The van der Waals surface area contributed by atoms with Crippen LogP contribution in [0, 0.1) is 0 Å². The molecule has 0 bridgehead atoms. The molecule has 0 saturated heterocycles. The van der Waals surface area contributed by atoms with E-state index in [2.05, 4.69) is 15.5 Å². The third kappa shape index (κ3) is 2.71. The van der Waals surface area contributed by atoms with Crippen LogP contribution in [-0.2, 0) is 11.3 Å². The van der Waals surface area contributed by atoms with Crippen LogP contribution in [0.4, 0.5) is 5.69 Å². The van der Waals surface area contributed by atoms with E-state index in [0.717, 1.165) is 5.56 Å². The predicted octanol–water partition coefficient (Wildman–Crippen LogP) is 1.01. The molecule has 0 aliphatic carbocycles. The van der Waals surface area contributed by atoms with Crippen molar-refractivity contribution in [1.82, 2.24) is 15.1 Å². The molecule has 1 aromatic carbocycles. The van der Waals surface area contributed by atoms with Gasteiger partial charge in [-0.15, -0.1) is 0 Å². The SMILES string of the molecule is CN(Cc1cn[nH]c1)C(=O)c1ccc2c(c1)NC(=O)CO2. The summed E-state index contributed by atoms with van der Waals surface area (Å²) in [5.74, 6) is 0.210. The van der Waals surface area contributed by atoms with Gasteiger partial charge in [-0.3, -0.25) is 14.7 Å². The maximum atomic E-state index is 12.4. The lowest BCUT2D eigenvalue weighted by molar-refractivity contribution is -0.118. The van der Waals surface area contributed by atoms with Crippen LogP contribution in [0.3, 0.4) is 0 Å². The molecule has 2 aromatic rings. The third-order valence-electron chi connectivity index (χ3n) is 3.18. The summed E-state index contributed by atoms with van der Waals surface area (Å²) < 4.78 is 5.27. The monoisotopic (exact) mass is 286 g/mol. The first-order valence-corrected chi connectivity index (χ1v) is 6.43. The number of carbonyl (C=O) groups excluding carboxylic acids is 2. The summed E-state index contributed by atoms with van der Waals surface area (Å²) in [4.78, 5) is 25.3. The molecule has 7 nitrogen and oxygen atoms in total. The largest absolute Gasteiger partial charge is 0.482 e. The summed E-state index contributed by atoms with van der Waals surface area (Å²) >= 11 is 0. The Kier molecular flexibility index (Phi) is 3.31. The minimum absolute atomic E-state index is 0.000680. The number of aromatic amines is 1. The molecule has 21 heavy (non-hydrogen) atoms. The Morgan fingerprint density at radius 2 is 2.33 bits per heavy atom. The van der Waals surface area contributed by atoms with Crippen LogP contribution in [0.25, 0.3) is 0 Å². The van der Waals surface area contributed by atoms with E-state index in [1.807, 2.05) is 0 Å². The molecule has 0 fully saturated rings. The van der Waals surface area contributed by atoms with E-state index < -0.39 is 0 Å². The minimum atomic E-state index is -0.223. The number of aromatic nitrogens is 2. The van der Waals surface area contributed by atoms with E-state index in [1.54, 1.807) is 42.5 Å². The van der Waals surface area contributed by atoms with Crippen molar-refractivity contribution in [2.24, 2.45) is 0 Å². The quantitative estimate of drug-likeness (QED) is 0.881. The number of carbonyl (C=O) groups is 2. The Bertz CT molecular complexity index is 682. The number of anilines is 1. The molecule has 1 aliphatic heterocycles. The molecule has 0 unspecified atom stereocenters. The first-order chi connectivity index (χ1) is 10.1. The van der Waals surface area contributed by atoms with Crippen LogP contribution >= 0.6 is 0 Å². The van der Waals surface area contributed by atoms with Gasteiger partial charge >= 0.3 is 0 Å². The Balaban J connectivity index is 1.78. The first-order valence-electron chi connectivity index (χ1n) is 6.43. The predicted molar refractivity (Wildman–Crippen MR) is 75.0 cm³/mol. The van der Waals surface area contributed by atoms with Crippen molar-refractivity contribution in [2.75, 3.05) is 19.0 Å². The lowest BCUT2D eigenvalue weighted by atomic mass is 10.1. The van der Waals surface area contributed by atoms with E-state index in [9.17, 15) is 9.59 Å². The molecule has 2 amide bonds. The van der Waals surface area contributed by atoms with Crippen molar-refractivity contribution in [2.45, 2.75) is 6.54 Å². The molecule has 108 valence electrons. The summed E-state index contributed by atoms with van der Waals surface area (Å²) in [5.41, 5.74) is 1.93. The van der Waals surface area contributed by atoms with Gasteiger partial charge in [0.05, 0.1) is 11.9 Å². The van der Waals surface area contributed by atoms with E-state index in [4.69, 9.17) is 4.74 Å². The number of nitrogens with zero attached hydrogens (tertiary/aromatic N) is 2. The molecule has 3 rings (SSSR count). The van der Waals surface area contributed by atoms with Crippen molar-refractivity contribution >= 4 is 17.5 Å². The second-order valence-electron chi connectivity index (χ2n) is 4.82. The zero-order valence-corrected chi connectivity index (χ0v) is 11.4. The molecule has 0 radical (unpaired) electrons. The maximum Gasteiger partial charge on any atom is 0.262 e. The van der Waals surface area contributed by atoms with Crippen molar-refractivity contribution in [1.29, 1.82) is 0 Å². The summed E-state index contributed by atoms with van der Waals surface area (Å²) in [6.45, 7) is 0.454. The Hall–Kier alpha value is -2.83. The second-order valence-corrected chi connectivity index (χ2v) is 4.82. The Morgan fingerprint density at radius 1 is 1.48 bits per heavy atom. The van der Waals surface area contributed by atoms with Crippen LogP contribution in [0.1, 0.15) is 15.9 Å². The van der Waals surface area contributed by atoms with Crippen molar-refractivity contribution in [3.05, 3.63) is 41.7 Å². The number of nitrogens with one attached hydrogen (secondary N) is 2. The third-order valence-corrected chi connectivity index (χ3v) is 3.18. The Morgan fingerprint density at radius 3 is 3.10 bits per heavy atom. The van der Waals surface area contributed by atoms with Crippen LogP contribution in [0.5, 0.6) is 5.75 Å². The standard InChI is InChI=1S/C14H14N4O3/c1-18(7-9-5-15-16-6-9)14(20)10-2-3-12-11(4-10)17-13(19)8-21-12/h2-6H,7-8H2,1H3,(H,15,16)(H,17,19). The highest BCUT2D eigenvalue weighted by Crippen LogP contribution is 2.28. The van der Waals surface area contributed by atoms with Crippen molar-refractivity contribution in [3.63, 3.8) is 0 Å². The number of hydrogen-bond acceptors (Lipinski definition) is 4. The van der Waals surface area contributed by atoms with Crippen LogP contribution in [-0.4, -0.2) is 40.6 Å². The number of benzene rings is 1. The average molecular weight is 286 g/mol. The first kappa shape index (κ1) is 13.2. The van der Waals surface area contributed by atoms with E-state index >= 15 is 0 Å². The number of ether oxygens (including phenoxy) is 1. The topological polar surface area (TPSA) is 87.3 Å². The highest BCUT2D eigenvalue weighted by Gasteiger charge is 2.19. The highest BCUT2D eigenvalue weighted by molar-refractivity contribution is 5.99. The van der Waals surface area contributed by atoms with Gasteiger partial charge in [-0.05, 0) is 18.2 Å². The van der Waals surface area contributed by atoms with Gasteiger partial charge in [-0.1, -0.05) is 0 Å². The van der Waals surface area contributed by atoms with Gasteiger partial charge in [-0.25, -0.2) is 0 Å². The van der Waals surface area contributed by atoms with Crippen molar-refractivity contribution in [3.8, 4) is 5.75 Å².